The lowest BCUT2D eigenvalue weighted by molar-refractivity contribution is 0.241. The van der Waals surface area contributed by atoms with Gasteiger partial charge in [-0.2, -0.15) is 0 Å². The van der Waals surface area contributed by atoms with E-state index in [-0.39, 0.29) is 11.3 Å². The molecule has 2 aliphatic heterocycles. The van der Waals surface area contributed by atoms with Gasteiger partial charge in [0.2, 0.25) is 5.95 Å². The molecule has 0 bridgehead atoms. The molecule has 1 fully saturated rings. The van der Waals surface area contributed by atoms with Crippen LogP contribution in [0, 0.1) is 5.92 Å². The standard InChI is InChI=1S/C21H28N4O3/c1-14-4-3-8-25(11-14)21-22-17-7-9-24(13-16(17)20(27)23-21)12-15-5-6-18(26)19(10-15)28-2/h5-6,10,14,26H,3-4,7-9,11-13H2,1-2H3,(H,22,23,27)/t14-/m1/s1. The molecule has 28 heavy (non-hydrogen) atoms. The quantitative estimate of drug-likeness (QED) is 0.842. The van der Waals surface area contributed by atoms with Crippen LogP contribution in [-0.2, 0) is 19.5 Å². The Labute approximate surface area is 165 Å². The number of aromatic amines is 1. The number of phenols is 1. The Balaban J connectivity index is 1.50. The van der Waals surface area contributed by atoms with E-state index in [1.54, 1.807) is 13.2 Å². The fourth-order valence-corrected chi connectivity index (χ4v) is 4.21. The summed E-state index contributed by atoms with van der Waals surface area (Å²) in [6, 6.07) is 5.37. The Morgan fingerprint density at radius 2 is 2.21 bits per heavy atom. The van der Waals surface area contributed by atoms with Crippen LogP contribution < -0.4 is 15.2 Å². The van der Waals surface area contributed by atoms with Gasteiger partial charge in [-0.05, 0) is 36.5 Å². The number of nitrogens with zero attached hydrogens (tertiary/aromatic N) is 3. The van der Waals surface area contributed by atoms with Crippen molar-refractivity contribution in [3.05, 3.63) is 45.4 Å². The fraction of sp³-hybridized carbons (Fsp3) is 0.524. The van der Waals surface area contributed by atoms with E-state index in [1.165, 1.54) is 6.42 Å². The van der Waals surface area contributed by atoms with Crippen LogP contribution in [0.2, 0.25) is 0 Å². The van der Waals surface area contributed by atoms with Gasteiger partial charge in [0.15, 0.2) is 11.5 Å². The minimum atomic E-state index is -0.0220. The first-order valence-electron chi connectivity index (χ1n) is 9.98. The Morgan fingerprint density at radius 3 is 3.00 bits per heavy atom. The molecule has 1 aromatic heterocycles. The maximum atomic E-state index is 12.7. The second-order valence-electron chi connectivity index (χ2n) is 7.98. The zero-order valence-corrected chi connectivity index (χ0v) is 16.6. The highest BCUT2D eigenvalue weighted by atomic mass is 16.5. The van der Waals surface area contributed by atoms with Gasteiger partial charge >= 0.3 is 0 Å². The number of phenolic OH excluding ortho intramolecular Hbond substituents is 1. The number of fused-ring (bicyclic) bond motifs is 1. The number of H-pyrrole nitrogens is 1. The summed E-state index contributed by atoms with van der Waals surface area (Å²) in [4.78, 5) is 25.0. The van der Waals surface area contributed by atoms with Crippen LogP contribution in [0.5, 0.6) is 11.5 Å². The number of benzene rings is 1. The number of nitrogens with one attached hydrogen (secondary N) is 1. The van der Waals surface area contributed by atoms with E-state index in [0.29, 0.717) is 24.8 Å². The SMILES string of the molecule is COc1cc(CN2CCc3nc(N4CCC[C@@H](C)C4)[nH]c(=O)c3C2)ccc1O. The highest BCUT2D eigenvalue weighted by Crippen LogP contribution is 2.28. The van der Waals surface area contributed by atoms with Crippen LogP contribution in [0.4, 0.5) is 5.95 Å². The lowest BCUT2D eigenvalue weighted by Gasteiger charge is -2.33. The highest BCUT2D eigenvalue weighted by Gasteiger charge is 2.24. The van der Waals surface area contributed by atoms with Gasteiger partial charge in [0.05, 0.1) is 18.4 Å². The first-order chi connectivity index (χ1) is 13.5. The number of hydrogen-bond donors (Lipinski definition) is 2. The van der Waals surface area contributed by atoms with Crippen molar-refractivity contribution in [1.82, 2.24) is 14.9 Å². The van der Waals surface area contributed by atoms with Crippen LogP contribution in [0.15, 0.2) is 23.0 Å². The van der Waals surface area contributed by atoms with E-state index in [0.717, 1.165) is 55.2 Å². The van der Waals surface area contributed by atoms with Crippen molar-refractivity contribution in [3.63, 3.8) is 0 Å². The molecule has 150 valence electrons. The van der Waals surface area contributed by atoms with E-state index in [2.05, 4.69) is 21.7 Å². The molecule has 2 aliphatic rings. The summed E-state index contributed by atoms with van der Waals surface area (Å²) in [5.74, 6) is 1.96. The number of aromatic nitrogens is 2. The number of methoxy groups -OCH3 is 1. The summed E-state index contributed by atoms with van der Waals surface area (Å²) in [5.41, 5.74) is 2.72. The van der Waals surface area contributed by atoms with E-state index in [9.17, 15) is 9.90 Å². The van der Waals surface area contributed by atoms with Crippen LogP contribution in [0.25, 0.3) is 0 Å². The van der Waals surface area contributed by atoms with Gasteiger partial charge in [0, 0.05) is 39.1 Å². The first-order valence-corrected chi connectivity index (χ1v) is 9.98. The average molecular weight is 384 g/mol. The highest BCUT2D eigenvalue weighted by molar-refractivity contribution is 5.42. The monoisotopic (exact) mass is 384 g/mol. The second-order valence-corrected chi connectivity index (χ2v) is 7.98. The molecule has 3 heterocycles. The number of rotatable bonds is 4. The molecule has 0 radical (unpaired) electrons. The summed E-state index contributed by atoms with van der Waals surface area (Å²) in [7, 11) is 1.54. The Kier molecular flexibility index (Phi) is 5.26. The summed E-state index contributed by atoms with van der Waals surface area (Å²) in [6.45, 7) is 6.29. The van der Waals surface area contributed by atoms with Gasteiger partial charge in [-0.25, -0.2) is 4.98 Å². The first kappa shape index (κ1) is 18.8. The Morgan fingerprint density at radius 1 is 1.36 bits per heavy atom. The third-order valence-electron chi connectivity index (χ3n) is 5.74. The number of ether oxygens (including phenoxy) is 1. The molecule has 0 spiro atoms. The number of piperidine rings is 1. The molecular formula is C21H28N4O3. The predicted molar refractivity (Wildman–Crippen MR) is 108 cm³/mol. The van der Waals surface area contributed by atoms with Crippen molar-refractivity contribution in [1.29, 1.82) is 0 Å². The lowest BCUT2D eigenvalue weighted by atomic mass is 10.0. The fourth-order valence-electron chi connectivity index (χ4n) is 4.21. The normalized spacial score (nSPS) is 20.1. The second kappa shape index (κ2) is 7.83. The topological polar surface area (TPSA) is 81.7 Å². The molecule has 7 nitrogen and oxygen atoms in total. The van der Waals surface area contributed by atoms with Gasteiger partial charge in [-0.3, -0.25) is 14.7 Å². The Bertz CT molecular complexity index is 911. The van der Waals surface area contributed by atoms with E-state index in [4.69, 9.17) is 9.72 Å². The molecule has 4 rings (SSSR count). The van der Waals surface area contributed by atoms with Crippen molar-refractivity contribution in [2.75, 3.05) is 31.6 Å². The van der Waals surface area contributed by atoms with Gasteiger partial charge in [-0.1, -0.05) is 13.0 Å². The van der Waals surface area contributed by atoms with Gasteiger partial charge in [0.25, 0.3) is 5.56 Å². The predicted octanol–water partition coefficient (Wildman–Crippen LogP) is 2.28. The molecule has 1 aromatic carbocycles. The number of anilines is 1. The summed E-state index contributed by atoms with van der Waals surface area (Å²) in [6.07, 6.45) is 3.15. The van der Waals surface area contributed by atoms with Crippen LogP contribution in [0.1, 0.15) is 36.6 Å². The van der Waals surface area contributed by atoms with Crippen LogP contribution in [0.3, 0.4) is 0 Å². The van der Waals surface area contributed by atoms with Gasteiger partial charge in [-0.15, -0.1) is 0 Å². The molecule has 1 saturated heterocycles. The molecule has 2 aromatic rings. The largest absolute Gasteiger partial charge is 0.504 e. The molecular weight excluding hydrogens is 356 g/mol. The number of aromatic hydroxyl groups is 1. The maximum absolute atomic E-state index is 12.7. The third-order valence-corrected chi connectivity index (χ3v) is 5.74. The van der Waals surface area contributed by atoms with Crippen LogP contribution in [-0.4, -0.2) is 46.7 Å². The van der Waals surface area contributed by atoms with E-state index >= 15 is 0 Å². The minimum Gasteiger partial charge on any atom is -0.504 e. The van der Waals surface area contributed by atoms with Crippen LogP contribution >= 0.6 is 0 Å². The van der Waals surface area contributed by atoms with Crippen molar-refractivity contribution < 1.29 is 9.84 Å². The van der Waals surface area contributed by atoms with Gasteiger partial charge in [0.1, 0.15) is 0 Å². The van der Waals surface area contributed by atoms with Crippen molar-refractivity contribution >= 4 is 5.95 Å². The Hall–Kier alpha value is -2.54. The summed E-state index contributed by atoms with van der Waals surface area (Å²) in [5, 5.41) is 9.76. The maximum Gasteiger partial charge on any atom is 0.257 e. The molecule has 0 aliphatic carbocycles. The minimum absolute atomic E-state index is 0.0220. The summed E-state index contributed by atoms with van der Waals surface area (Å²) >= 11 is 0. The van der Waals surface area contributed by atoms with E-state index < -0.39 is 0 Å². The number of hydrogen-bond acceptors (Lipinski definition) is 6. The zero-order valence-electron chi connectivity index (χ0n) is 16.6. The molecule has 0 unspecified atom stereocenters. The van der Waals surface area contributed by atoms with E-state index in [1.807, 2.05) is 12.1 Å². The smallest absolute Gasteiger partial charge is 0.257 e. The lowest BCUT2D eigenvalue weighted by Crippen LogP contribution is -2.39. The molecule has 7 heteroatoms. The van der Waals surface area contributed by atoms with Crippen molar-refractivity contribution in [3.8, 4) is 11.5 Å². The molecule has 0 saturated carbocycles. The van der Waals surface area contributed by atoms with Gasteiger partial charge < -0.3 is 14.7 Å². The molecule has 1 atom stereocenters. The van der Waals surface area contributed by atoms with Crippen molar-refractivity contribution in [2.24, 2.45) is 5.92 Å². The molecule has 2 N–H and O–H groups in total. The van der Waals surface area contributed by atoms with Crippen molar-refractivity contribution in [2.45, 2.75) is 39.3 Å². The summed E-state index contributed by atoms with van der Waals surface area (Å²) < 4.78 is 5.19. The average Bonchev–Trinajstić information content (AvgIpc) is 2.69. The third kappa shape index (κ3) is 3.85. The molecule has 0 amide bonds. The zero-order chi connectivity index (χ0) is 19.7.